The van der Waals surface area contributed by atoms with Crippen LogP contribution in [-0.4, -0.2) is 6.79 Å². The number of nitrogens with zero attached hydrogens (tertiary/aromatic N) is 1. The smallest absolute Gasteiger partial charge is 0.189 e. The zero-order chi connectivity index (χ0) is 14.4. The number of hydrogen-bond donors (Lipinski definition) is 0. The number of ether oxygens (including phenoxy) is 2. The molecule has 0 heterocycles. The van der Waals surface area contributed by atoms with Crippen LogP contribution in [0.1, 0.15) is 22.3 Å². The Morgan fingerprint density at radius 3 is 2.30 bits per heavy atom. The second-order valence-corrected chi connectivity index (χ2v) is 4.65. The van der Waals surface area contributed by atoms with Crippen LogP contribution in [0.15, 0.2) is 42.5 Å². The molecule has 3 nitrogen and oxygen atoms in total. The molecule has 2 aromatic carbocycles. The van der Waals surface area contributed by atoms with Crippen molar-refractivity contribution < 1.29 is 9.47 Å². The van der Waals surface area contributed by atoms with Gasteiger partial charge < -0.3 is 9.47 Å². The summed E-state index contributed by atoms with van der Waals surface area (Å²) in [5.41, 5.74) is 3.66. The predicted octanol–water partition coefficient (Wildman–Crippen LogP) is 3.73. The summed E-state index contributed by atoms with van der Waals surface area (Å²) in [7, 11) is 0. The maximum Gasteiger partial charge on any atom is 0.189 e. The Labute approximate surface area is 119 Å². The van der Waals surface area contributed by atoms with Gasteiger partial charge in [0.25, 0.3) is 0 Å². The van der Waals surface area contributed by atoms with Crippen LogP contribution >= 0.6 is 0 Å². The lowest BCUT2D eigenvalue weighted by Gasteiger charge is -2.12. The van der Waals surface area contributed by atoms with Gasteiger partial charge in [-0.2, -0.15) is 5.26 Å². The van der Waals surface area contributed by atoms with Crippen molar-refractivity contribution in [2.45, 2.75) is 20.5 Å². The summed E-state index contributed by atoms with van der Waals surface area (Å²) in [5, 5.41) is 8.90. The molecule has 0 aliphatic rings. The van der Waals surface area contributed by atoms with E-state index in [0.29, 0.717) is 12.2 Å². The van der Waals surface area contributed by atoms with Crippen LogP contribution in [0, 0.1) is 25.2 Å². The first kappa shape index (κ1) is 14.1. The minimum atomic E-state index is 0.197. The lowest BCUT2D eigenvalue weighted by molar-refractivity contribution is 0.00431. The standard InChI is InChI=1S/C17H17NO2/c1-13-8-16(10-18)9-14(2)17(13)20-12-19-11-15-6-4-3-5-7-15/h3-9H,11-12H2,1-2H3. The molecule has 2 rings (SSSR count). The van der Waals surface area contributed by atoms with Crippen LogP contribution in [0.4, 0.5) is 0 Å². The molecule has 20 heavy (non-hydrogen) atoms. The molecular weight excluding hydrogens is 250 g/mol. The number of benzene rings is 2. The monoisotopic (exact) mass is 267 g/mol. The molecule has 0 amide bonds. The summed E-state index contributed by atoms with van der Waals surface area (Å²) in [5.74, 6) is 0.789. The van der Waals surface area contributed by atoms with E-state index in [-0.39, 0.29) is 6.79 Å². The Morgan fingerprint density at radius 1 is 1.05 bits per heavy atom. The van der Waals surface area contributed by atoms with Gasteiger partial charge in [0.05, 0.1) is 18.2 Å². The second-order valence-electron chi connectivity index (χ2n) is 4.65. The Morgan fingerprint density at radius 2 is 1.70 bits per heavy atom. The van der Waals surface area contributed by atoms with Crippen LogP contribution in [0.3, 0.4) is 0 Å². The maximum absolute atomic E-state index is 8.90. The first-order valence-electron chi connectivity index (χ1n) is 6.46. The topological polar surface area (TPSA) is 42.2 Å². The fourth-order valence-electron chi connectivity index (χ4n) is 2.08. The van der Waals surface area contributed by atoms with Gasteiger partial charge >= 0.3 is 0 Å². The molecule has 0 bridgehead atoms. The average Bonchev–Trinajstić information content (AvgIpc) is 2.46. The lowest BCUT2D eigenvalue weighted by Crippen LogP contribution is -2.05. The van der Waals surface area contributed by atoms with E-state index in [1.807, 2.05) is 56.3 Å². The maximum atomic E-state index is 8.90. The molecule has 0 aromatic heterocycles. The van der Waals surface area contributed by atoms with Crippen molar-refractivity contribution in [2.24, 2.45) is 0 Å². The summed E-state index contributed by atoms with van der Waals surface area (Å²) in [6.07, 6.45) is 0. The van der Waals surface area contributed by atoms with E-state index in [0.717, 1.165) is 22.4 Å². The Bertz CT molecular complexity index is 592. The Kier molecular flexibility index (Phi) is 4.75. The van der Waals surface area contributed by atoms with Crippen molar-refractivity contribution in [3.8, 4) is 11.8 Å². The third kappa shape index (κ3) is 3.59. The summed E-state index contributed by atoms with van der Waals surface area (Å²) in [4.78, 5) is 0. The zero-order valence-electron chi connectivity index (χ0n) is 11.7. The predicted molar refractivity (Wildman–Crippen MR) is 77.4 cm³/mol. The highest BCUT2D eigenvalue weighted by atomic mass is 16.7. The number of hydrogen-bond acceptors (Lipinski definition) is 3. The van der Waals surface area contributed by atoms with Crippen LogP contribution in [0.5, 0.6) is 5.75 Å². The van der Waals surface area contributed by atoms with Gasteiger partial charge in [-0.1, -0.05) is 30.3 Å². The van der Waals surface area contributed by atoms with Crippen LogP contribution in [0.2, 0.25) is 0 Å². The fraction of sp³-hybridized carbons (Fsp3) is 0.235. The quantitative estimate of drug-likeness (QED) is 0.612. The summed E-state index contributed by atoms with van der Waals surface area (Å²) in [6, 6.07) is 15.7. The first-order valence-corrected chi connectivity index (χ1v) is 6.46. The second kappa shape index (κ2) is 6.74. The lowest BCUT2D eigenvalue weighted by atomic mass is 10.1. The molecule has 0 saturated heterocycles. The van der Waals surface area contributed by atoms with Crippen LogP contribution in [-0.2, 0) is 11.3 Å². The summed E-state index contributed by atoms with van der Waals surface area (Å²) >= 11 is 0. The third-order valence-electron chi connectivity index (χ3n) is 2.99. The molecule has 3 heteroatoms. The Hall–Kier alpha value is -2.31. The first-order chi connectivity index (χ1) is 9.70. The van der Waals surface area contributed by atoms with Crippen molar-refractivity contribution in [1.82, 2.24) is 0 Å². The molecule has 2 aromatic rings. The number of aryl methyl sites for hydroxylation is 2. The summed E-state index contributed by atoms with van der Waals surface area (Å²) in [6.45, 7) is 4.58. The van der Waals surface area contributed by atoms with Gasteiger partial charge in [0, 0.05) is 0 Å². The third-order valence-corrected chi connectivity index (χ3v) is 2.99. The van der Waals surface area contributed by atoms with Gasteiger partial charge in [0.15, 0.2) is 6.79 Å². The molecule has 0 aliphatic heterocycles. The van der Waals surface area contributed by atoms with Gasteiger partial charge in [-0.15, -0.1) is 0 Å². The van der Waals surface area contributed by atoms with E-state index >= 15 is 0 Å². The van der Waals surface area contributed by atoms with Gasteiger partial charge in [-0.25, -0.2) is 0 Å². The highest BCUT2D eigenvalue weighted by Gasteiger charge is 2.06. The minimum Gasteiger partial charge on any atom is -0.467 e. The van der Waals surface area contributed by atoms with Crippen molar-refractivity contribution in [3.63, 3.8) is 0 Å². The van der Waals surface area contributed by atoms with E-state index in [4.69, 9.17) is 14.7 Å². The SMILES string of the molecule is Cc1cc(C#N)cc(C)c1OCOCc1ccccc1. The van der Waals surface area contributed by atoms with Crippen molar-refractivity contribution in [2.75, 3.05) is 6.79 Å². The van der Waals surface area contributed by atoms with E-state index in [9.17, 15) is 0 Å². The molecule has 0 N–H and O–H groups in total. The average molecular weight is 267 g/mol. The van der Waals surface area contributed by atoms with Gasteiger partial charge in [0.1, 0.15) is 5.75 Å². The van der Waals surface area contributed by atoms with Crippen LogP contribution < -0.4 is 4.74 Å². The van der Waals surface area contributed by atoms with Gasteiger partial charge in [-0.3, -0.25) is 0 Å². The van der Waals surface area contributed by atoms with E-state index < -0.39 is 0 Å². The number of rotatable bonds is 5. The molecule has 0 spiro atoms. The van der Waals surface area contributed by atoms with Crippen molar-refractivity contribution in [1.29, 1.82) is 5.26 Å². The highest BCUT2D eigenvalue weighted by molar-refractivity contribution is 5.47. The highest BCUT2D eigenvalue weighted by Crippen LogP contribution is 2.24. The van der Waals surface area contributed by atoms with E-state index in [1.54, 1.807) is 0 Å². The molecule has 0 atom stereocenters. The minimum absolute atomic E-state index is 0.197. The molecule has 102 valence electrons. The molecule has 0 unspecified atom stereocenters. The molecule has 0 aliphatic carbocycles. The normalized spacial score (nSPS) is 10.1. The fourth-order valence-corrected chi connectivity index (χ4v) is 2.08. The van der Waals surface area contributed by atoms with Gasteiger partial charge in [0.2, 0.25) is 0 Å². The molecular formula is C17H17NO2. The van der Waals surface area contributed by atoms with Crippen LogP contribution in [0.25, 0.3) is 0 Å². The zero-order valence-corrected chi connectivity index (χ0v) is 11.7. The number of nitriles is 1. The largest absolute Gasteiger partial charge is 0.467 e. The molecule has 0 radical (unpaired) electrons. The van der Waals surface area contributed by atoms with Crippen molar-refractivity contribution >= 4 is 0 Å². The molecule has 0 fully saturated rings. The Balaban J connectivity index is 1.90. The summed E-state index contributed by atoms with van der Waals surface area (Å²) < 4.78 is 11.2. The van der Waals surface area contributed by atoms with Gasteiger partial charge in [-0.05, 0) is 42.7 Å². The molecule has 0 saturated carbocycles. The van der Waals surface area contributed by atoms with E-state index in [1.165, 1.54) is 0 Å². The van der Waals surface area contributed by atoms with Crippen molar-refractivity contribution in [3.05, 3.63) is 64.7 Å². The van der Waals surface area contributed by atoms with E-state index in [2.05, 4.69) is 6.07 Å².